The Morgan fingerprint density at radius 3 is 2.76 bits per heavy atom. The largest absolute Gasteiger partial charge is 0.383 e. The van der Waals surface area contributed by atoms with E-state index in [4.69, 9.17) is 10.6 Å². The lowest BCUT2D eigenvalue weighted by Crippen LogP contribution is -2.25. The molecule has 0 saturated carbocycles. The second-order valence-corrected chi connectivity index (χ2v) is 4.41. The van der Waals surface area contributed by atoms with Crippen LogP contribution in [-0.4, -0.2) is 29.7 Å². The number of ether oxygens (including phenoxy) is 1. The van der Waals surface area contributed by atoms with Gasteiger partial charge in [-0.1, -0.05) is 13.3 Å². The topological polar surface area (TPSA) is 85.1 Å². The molecule has 1 aromatic heterocycles. The Labute approximate surface area is 109 Å². The number of nitrogens with one attached hydrogen (secondary N) is 2. The summed E-state index contributed by atoms with van der Waals surface area (Å²) < 4.78 is 5.89. The number of halogens is 1. The van der Waals surface area contributed by atoms with E-state index >= 15 is 0 Å². The average molecular weight is 304 g/mol. The standard InChI is InChI=1S/C10H18BrN5O/c1-3-4-7(5-17-2)15-9-8(11)10(16-12)14-6-13-9/h6-7H,3-5,12H2,1-2H3,(H2,13,14,15,16). The summed E-state index contributed by atoms with van der Waals surface area (Å²) in [7, 11) is 1.69. The summed E-state index contributed by atoms with van der Waals surface area (Å²) in [4.78, 5) is 8.16. The van der Waals surface area contributed by atoms with E-state index in [1.807, 2.05) is 0 Å². The van der Waals surface area contributed by atoms with E-state index in [2.05, 4.69) is 43.6 Å². The number of aromatic nitrogens is 2. The van der Waals surface area contributed by atoms with Crippen molar-refractivity contribution in [3.63, 3.8) is 0 Å². The van der Waals surface area contributed by atoms with Crippen molar-refractivity contribution in [2.24, 2.45) is 5.84 Å². The molecule has 0 spiro atoms. The fourth-order valence-electron chi connectivity index (χ4n) is 1.51. The molecule has 0 radical (unpaired) electrons. The van der Waals surface area contributed by atoms with Crippen molar-refractivity contribution in [1.29, 1.82) is 0 Å². The number of methoxy groups -OCH3 is 1. The summed E-state index contributed by atoms with van der Waals surface area (Å²) in [6, 6.07) is 0.224. The smallest absolute Gasteiger partial charge is 0.159 e. The molecular formula is C10H18BrN5O. The molecule has 0 aliphatic carbocycles. The number of nitrogens with two attached hydrogens (primary N) is 1. The molecule has 0 aromatic carbocycles. The van der Waals surface area contributed by atoms with Crippen LogP contribution in [0.5, 0.6) is 0 Å². The zero-order valence-electron chi connectivity index (χ0n) is 10.0. The molecule has 0 aliphatic heterocycles. The minimum Gasteiger partial charge on any atom is -0.383 e. The fraction of sp³-hybridized carbons (Fsp3) is 0.600. The molecule has 0 saturated heterocycles. The van der Waals surface area contributed by atoms with Crippen molar-refractivity contribution >= 4 is 27.6 Å². The van der Waals surface area contributed by atoms with Crippen LogP contribution in [0.3, 0.4) is 0 Å². The van der Waals surface area contributed by atoms with Gasteiger partial charge in [0.05, 0.1) is 12.6 Å². The van der Waals surface area contributed by atoms with E-state index in [-0.39, 0.29) is 6.04 Å². The first-order chi connectivity index (χ1) is 8.22. The normalized spacial score (nSPS) is 12.2. The number of hydrogen-bond donors (Lipinski definition) is 3. The lowest BCUT2D eigenvalue weighted by molar-refractivity contribution is 0.182. The predicted octanol–water partition coefficient (Wildman–Crippen LogP) is 1.75. The van der Waals surface area contributed by atoms with Gasteiger partial charge in [-0.3, -0.25) is 0 Å². The minimum absolute atomic E-state index is 0.224. The molecule has 1 heterocycles. The van der Waals surface area contributed by atoms with E-state index in [9.17, 15) is 0 Å². The summed E-state index contributed by atoms with van der Waals surface area (Å²) in [5.74, 6) is 6.61. The van der Waals surface area contributed by atoms with E-state index < -0.39 is 0 Å². The van der Waals surface area contributed by atoms with Gasteiger partial charge < -0.3 is 15.5 Å². The highest BCUT2D eigenvalue weighted by Crippen LogP contribution is 2.26. The van der Waals surface area contributed by atoms with Crippen molar-refractivity contribution in [2.75, 3.05) is 24.5 Å². The van der Waals surface area contributed by atoms with Gasteiger partial charge in [0.15, 0.2) is 5.82 Å². The first kappa shape index (κ1) is 14.1. The molecule has 17 heavy (non-hydrogen) atoms. The number of anilines is 2. The molecule has 0 bridgehead atoms. The zero-order valence-corrected chi connectivity index (χ0v) is 11.6. The number of rotatable bonds is 7. The number of hydrazine groups is 1. The van der Waals surface area contributed by atoms with Gasteiger partial charge in [-0.05, 0) is 22.4 Å². The second kappa shape index (κ2) is 7.41. The molecule has 0 fully saturated rings. The summed E-state index contributed by atoms with van der Waals surface area (Å²) >= 11 is 3.40. The maximum atomic E-state index is 5.34. The molecular weight excluding hydrogens is 286 g/mol. The van der Waals surface area contributed by atoms with Crippen LogP contribution >= 0.6 is 15.9 Å². The second-order valence-electron chi connectivity index (χ2n) is 3.61. The molecule has 7 heteroatoms. The summed E-state index contributed by atoms with van der Waals surface area (Å²) in [5, 5.41) is 3.31. The van der Waals surface area contributed by atoms with Crippen LogP contribution < -0.4 is 16.6 Å². The zero-order chi connectivity index (χ0) is 12.7. The maximum Gasteiger partial charge on any atom is 0.159 e. The molecule has 4 N–H and O–H groups in total. The predicted molar refractivity (Wildman–Crippen MR) is 71.7 cm³/mol. The Kier molecular flexibility index (Phi) is 6.17. The lowest BCUT2D eigenvalue weighted by Gasteiger charge is -2.19. The van der Waals surface area contributed by atoms with Gasteiger partial charge in [-0.15, -0.1) is 0 Å². The van der Waals surface area contributed by atoms with Crippen LogP contribution in [0.25, 0.3) is 0 Å². The number of nitrogen functional groups attached to an aromatic ring is 1. The molecule has 6 nitrogen and oxygen atoms in total. The van der Waals surface area contributed by atoms with Crippen molar-refractivity contribution in [3.8, 4) is 0 Å². The third kappa shape index (κ3) is 4.10. The quantitative estimate of drug-likeness (QED) is 0.526. The monoisotopic (exact) mass is 303 g/mol. The summed E-state index contributed by atoms with van der Waals surface area (Å²) in [5.41, 5.74) is 2.50. The molecule has 1 aromatic rings. The molecule has 1 rings (SSSR count). The Morgan fingerprint density at radius 2 is 2.18 bits per heavy atom. The highest BCUT2D eigenvalue weighted by molar-refractivity contribution is 9.10. The van der Waals surface area contributed by atoms with Crippen LogP contribution in [0.4, 0.5) is 11.6 Å². The van der Waals surface area contributed by atoms with Gasteiger partial charge >= 0.3 is 0 Å². The SMILES string of the molecule is CCCC(COC)Nc1ncnc(NN)c1Br. The molecule has 0 amide bonds. The first-order valence-electron chi connectivity index (χ1n) is 5.45. The van der Waals surface area contributed by atoms with E-state index in [0.29, 0.717) is 18.2 Å². The molecule has 0 aliphatic rings. The summed E-state index contributed by atoms with van der Waals surface area (Å²) in [6.07, 6.45) is 3.54. The molecule has 96 valence electrons. The Bertz CT molecular complexity index is 343. The van der Waals surface area contributed by atoms with Crippen molar-refractivity contribution in [1.82, 2.24) is 9.97 Å². The maximum absolute atomic E-state index is 5.34. The minimum atomic E-state index is 0.224. The van der Waals surface area contributed by atoms with Crippen molar-refractivity contribution in [2.45, 2.75) is 25.8 Å². The van der Waals surface area contributed by atoms with E-state index in [0.717, 1.165) is 17.3 Å². The third-order valence-corrected chi connectivity index (χ3v) is 3.02. The van der Waals surface area contributed by atoms with Gasteiger partial charge in [0.25, 0.3) is 0 Å². The average Bonchev–Trinajstić information content (AvgIpc) is 2.32. The van der Waals surface area contributed by atoms with Gasteiger partial charge in [-0.25, -0.2) is 15.8 Å². The molecule has 1 unspecified atom stereocenters. The Balaban J connectivity index is 2.77. The highest BCUT2D eigenvalue weighted by atomic mass is 79.9. The lowest BCUT2D eigenvalue weighted by atomic mass is 10.2. The summed E-state index contributed by atoms with van der Waals surface area (Å²) in [6.45, 7) is 2.77. The van der Waals surface area contributed by atoms with Crippen LogP contribution in [0.2, 0.25) is 0 Å². The van der Waals surface area contributed by atoms with E-state index in [1.54, 1.807) is 7.11 Å². The molecule has 1 atom stereocenters. The van der Waals surface area contributed by atoms with Crippen LogP contribution in [0.1, 0.15) is 19.8 Å². The van der Waals surface area contributed by atoms with Gasteiger partial charge in [0.2, 0.25) is 0 Å². The highest BCUT2D eigenvalue weighted by Gasteiger charge is 2.12. The van der Waals surface area contributed by atoms with Crippen molar-refractivity contribution in [3.05, 3.63) is 10.8 Å². The Hall–Kier alpha value is -0.920. The number of nitrogens with zero attached hydrogens (tertiary/aromatic N) is 2. The van der Waals surface area contributed by atoms with Gasteiger partial charge in [-0.2, -0.15) is 0 Å². The number of hydrogen-bond acceptors (Lipinski definition) is 6. The van der Waals surface area contributed by atoms with Crippen LogP contribution in [0, 0.1) is 0 Å². The first-order valence-corrected chi connectivity index (χ1v) is 6.24. The van der Waals surface area contributed by atoms with Crippen LogP contribution in [-0.2, 0) is 4.74 Å². The van der Waals surface area contributed by atoms with Gasteiger partial charge in [0.1, 0.15) is 16.6 Å². The third-order valence-electron chi connectivity index (χ3n) is 2.27. The van der Waals surface area contributed by atoms with Gasteiger partial charge in [0, 0.05) is 7.11 Å². The Morgan fingerprint density at radius 1 is 1.47 bits per heavy atom. The fourth-order valence-corrected chi connectivity index (χ4v) is 1.94. The van der Waals surface area contributed by atoms with E-state index in [1.165, 1.54) is 6.33 Å². The van der Waals surface area contributed by atoms with Crippen LogP contribution in [0.15, 0.2) is 10.8 Å². The van der Waals surface area contributed by atoms with Crippen molar-refractivity contribution < 1.29 is 4.74 Å².